The Hall–Kier alpha value is -0.310. The zero-order valence-corrected chi connectivity index (χ0v) is 23.1. The van der Waals surface area contributed by atoms with Gasteiger partial charge >= 0.3 is 5.97 Å². The second-order valence-corrected chi connectivity index (χ2v) is 13.8. The van der Waals surface area contributed by atoms with Gasteiger partial charge in [0.05, 0.1) is 0 Å². The van der Waals surface area contributed by atoms with Crippen LogP contribution in [-0.2, 0) is 9.53 Å². The second kappa shape index (κ2) is 9.38. The molecule has 4 rings (SSSR count). The van der Waals surface area contributed by atoms with Crippen molar-refractivity contribution >= 4 is 21.9 Å². The van der Waals surface area contributed by atoms with Gasteiger partial charge < -0.3 is 4.74 Å². The van der Waals surface area contributed by atoms with Gasteiger partial charge in [0.1, 0.15) is 6.10 Å². The van der Waals surface area contributed by atoms with Crippen LogP contribution in [-0.4, -0.2) is 12.1 Å². The fourth-order valence-electron chi connectivity index (χ4n) is 9.06. The number of halogens is 1. The average Bonchev–Trinajstić information content (AvgIpc) is 3.06. The van der Waals surface area contributed by atoms with E-state index in [1.165, 1.54) is 62.3 Å². The molecular formula is C29H47BrO2. The summed E-state index contributed by atoms with van der Waals surface area (Å²) in [5.74, 6) is 5.01. The van der Waals surface area contributed by atoms with Crippen molar-refractivity contribution in [2.75, 3.05) is 0 Å². The molecule has 0 unspecified atom stereocenters. The molecule has 0 spiro atoms. The van der Waals surface area contributed by atoms with Crippen LogP contribution >= 0.6 is 15.9 Å². The Bertz CT molecular complexity index is 741. The van der Waals surface area contributed by atoms with Crippen LogP contribution in [0.25, 0.3) is 0 Å². The van der Waals surface area contributed by atoms with Gasteiger partial charge in [-0.15, -0.1) is 0 Å². The van der Waals surface area contributed by atoms with Crippen molar-refractivity contribution in [2.24, 2.45) is 46.3 Å². The minimum Gasteiger partial charge on any atom is -0.462 e. The van der Waals surface area contributed by atoms with Crippen molar-refractivity contribution in [1.29, 1.82) is 0 Å². The van der Waals surface area contributed by atoms with Gasteiger partial charge in [-0.25, -0.2) is 0 Å². The van der Waals surface area contributed by atoms with Gasteiger partial charge in [-0.1, -0.05) is 75.4 Å². The summed E-state index contributed by atoms with van der Waals surface area (Å²) >= 11 is 4.07. The molecule has 0 N–H and O–H groups in total. The highest BCUT2D eigenvalue weighted by atomic mass is 79.9. The molecule has 0 aromatic rings. The van der Waals surface area contributed by atoms with Gasteiger partial charge in [-0.05, 0) is 95.8 Å². The van der Waals surface area contributed by atoms with Crippen molar-refractivity contribution < 1.29 is 9.53 Å². The predicted molar refractivity (Wildman–Crippen MR) is 136 cm³/mol. The summed E-state index contributed by atoms with van der Waals surface area (Å²) in [4.78, 5) is 11.6. The summed E-state index contributed by atoms with van der Waals surface area (Å²) < 4.78 is 7.10. The van der Waals surface area contributed by atoms with Crippen molar-refractivity contribution in [3.8, 4) is 0 Å². The lowest BCUT2D eigenvalue weighted by Crippen LogP contribution is -2.51. The first kappa shape index (κ1) is 24.8. The molecule has 32 heavy (non-hydrogen) atoms. The van der Waals surface area contributed by atoms with E-state index in [4.69, 9.17) is 4.74 Å². The van der Waals surface area contributed by atoms with Crippen LogP contribution in [0.5, 0.6) is 0 Å². The van der Waals surface area contributed by atoms with E-state index in [0.29, 0.717) is 10.8 Å². The number of allylic oxidation sites excluding steroid dienone is 1. The Morgan fingerprint density at radius 1 is 1.03 bits per heavy atom. The van der Waals surface area contributed by atoms with Crippen LogP contribution in [0.1, 0.15) is 112 Å². The fraction of sp³-hybridized carbons (Fsp3) is 0.897. The Kier molecular flexibility index (Phi) is 7.27. The Labute approximate surface area is 205 Å². The highest BCUT2D eigenvalue weighted by Gasteiger charge is 2.60. The van der Waals surface area contributed by atoms with Crippen LogP contribution in [0.15, 0.2) is 10.1 Å². The lowest BCUT2D eigenvalue weighted by molar-refractivity contribution is -0.148. The molecule has 0 aromatic heterocycles. The van der Waals surface area contributed by atoms with Gasteiger partial charge in [-0.3, -0.25) is 4.79 Å². The normalized spacial score (nSPS) is 42.3. The average molecular weight is 508 g/mol. The molecule has 0 saturated heterocycles. The molecule has 0 aliphatic heterocycles. The third-order valence-corrected chi connectivity index (χ3v) is 11.4. The standard InChI is InChI=1S/C29H47BrO2/c1-18(2)8-7-9-19(3)23-10-11-24-22-17-27(30)26-16-21(32-20(4)31)12-14-29(26,6)25(22)13-15-28(23,24)5/h18-19,21-25H,7-17H2,1-6H3/t19-,21+,22+,23-,24+,25+,28-,29-/m1/s1. The zero-order valence-electron chi connectivity index (χ0n) is 21.5. The SMILES string of the molecule is CC(=O)O[C@H]1CC[C@@]2(C)C(=C(Br)C[C@H]3[C@@H]4CC[C@H]([C@H](C)CCCC(C)C)[C@@]4(C)CC[C@@H]32)C1. The Morgan fingerprint density at radius 2 is 1.78 bits per heavy atom. The van der Waals surface area contributed by atoms with Gasteiger partial charge in [0.15, 0.2) is 0 Å². The van der Waals surface area contributed by atoms with Crippen LogP contribution in [0.4, 0.5) is 0 Å². The Balaban J connectivity index is 1.51. The molecule has 2 nitrogen and oxygen atoms in total. The fourth-order valence-corrected chi connectivity index (χ4v) is 10.0. The number of fused-ring (bicyclic) bond motifs is 5. The summed E-state index contributed by atoms with van der Waals surface area (Å²) in [6.07, 6.45) is 14.4. The highest BCUT2D eigenvalue weighted by molar-refractivity contribution is 9.11. The van der Waals surface area contributed by atoms with Crippen LogP contribution in [0.3, 0.4) is 0 Å². The molecule has 0 amide bonds. The zero-order chi connectivity index (χ0) is 23.3. The maximum Gasteiger partial charge on any atom is 0.302 e. The first-order valence-electron chi connectivity index (χ1n) is 13.6. The maximum absolute atomic E-state index is 11.6. The molecule has 0 heterocycles. The first-order valence-corrected chi connectivity index (χ1v) is 14.4. The van der Waals surface area contributed by atoms with Gasteiger partial charge in [0, 0.05) is 13.3 Å². The van der Waals surface area contributed by atoms with E-state index in [0.717, 1.165) is 48.3 Å². The van der Waals surface area contributed by atoms with E-state index in [2.05, 4.69) is 50.5 Å². The van der Waals surface area contributed by atoms with Crippen molar-refractivity contribution in [2.45, 2.75) is 118 Å². The van der Waals surface area contributed by atoms with E-state index in [1.54, 1.807) is 12.5 Å². The van der Waals surface area contributed by atoms with E-state index in [-0.39, 0.29) is 12.1 Å². The summed E-state index contributed by atoms with van der Waals surface area (Å²) in [5, 5.41) is 0. The summed E-state index contributed by atoms with van der Waals surface area (Å²) in [5.41, 5.74) is 2.41. The third-order valence-electron chi connectivity index (χ3n) is 10.6. The number of carbonyl (C=O) groups excluding carboxylic acids is 1. The number of rotatable bonds is 6. The molecule has 0 aromatic carbocycles. The highest BCUT2D eigenvalue weighted by Crippen LogP contribution is 2.68. The van der Waals surface area contributed by atoms with E-state index in [1.807, 2.05) is 0 Å². The number of esters is 1. The first-order chi connectivity index (χ1) is 15.1. The monoisotopic (exact) mass is 506 g/mol. The molecular weight excluding hydrogens is 460 g/mol. The Morgan fingerprint density at radius 3 is 2.47 bits per heavy atom. The lowest BCUT2D eigenvalue weighted by Gasteiger charge is -2.59. The molecule has 3 saturated carbocycles. The molecule has 8 atom stereocenters. The number of carbonyl (C=O) groups is 1. The summed E-state index contributed by atoms with van der Waals surface area (Å²) in [7, 11) is 0. The minimum atomic E-state index is -0.128. The maximum atomic E-state index is 11.6. The largest absolute Gasteiger partial charge is 0.462 e. The van der Waals surface area contributed by atoms with Crippen molar-refractivity contribution in [3.05, 3.63) is 10.1 Å². The van der Waals surface area contributed by atoms with Crippen molar-refractivity contribution in [1.82, 2.24) is 0 Å². The molecule has 4 aliphatic rings. The molecule has 4 aliphatic carbocycles. The van der Waals surface area contributed by atoms with E-state index in [9.17, 15) is 4.79 Å². The van der Waals surface area contributed by atoms with Gasteiger partial charge in [0.2, 0.25) is 0 Å². The van der Waals surface area contributed by atoms with Crippen LogP contribution in [0, 0.1) is 46.3 Å². The van der Waals surface area contributed by atoms with Gasteiger partial charge in [0.25, 0.3) is 0 Å². The molecule has 3 fully saturated rings. The molecule has 182 valence electrons. The quantitative estimate of drug-likeness (QED) is 0.336. The number of hydrogen-bond donors (Lipinski definition) is 0. The minimum absolute atomic E-state index is 0.0797. The van der Waals surface area contributed by atoms with Crippen molar-refractivity contribution in [3.63, 3.8) is 0 Å². The number of ether oxygens (including phenoxy) is 1. The molecule has 3 heteroatoms. The van der Waals surface area contributed by atoms with Gasteiger partial charge in [-0.2, -0.15) is 0 Å². The van der Waals surface area contributed by atoms with Crippen LogP contribution < -0.4 is 0 Å². The topological polar surface area (TPSA) is 26.3 Å². The molecule has 0 radical (unpaired) electrons. The number of hydrogen-bond acceptors (Lipinski definition) is 2. The van der Waals surface area contributed by atoms with E-state index < -0.39 is 0 Å². The second-order valence-electron chi connectivity index (χ2n) is 12.9. The van der Waals surface area contributed by atoms with E-state index >= 15 is 0 Å². The molecule has 0 bridgehead atoms. The summed E-state index contributed by atoms with van der Waals surface area (Å²) in [6.45, 7) is 14.1. The predicted octanol–water partition coefficient (Wildman–Crippen LogP) is 8.68. The van der Waals surface area contributed by atoms with Crippen LogP contribution in [0.2, 0.25) is 0 Å². The summed E-state index contributed by atoms with van der Waals surface area (Å²) in [6, 6.07) is 0. The third kappa shape index (κ3) is 4.38. The lowest BCUT2D eigenvalue weighted by atomic mass is 9.47. The smallest absolute Gasteiger partial charge is 0.302 e.